The topological polar surface area (TPSA) is 16.1 Å². The third-order valence-electron chi connectivity index (χ3n) is 2.29. The molecule has 0 saturated heterocycles. The molecule has 0 bridgehead atoms. The van der Waals surface area contributed by atoms with Crippen molar-refractivity contribution in [2.45, 2.75) is 33.4 Å². The summed E-state index contributed by atoms with van der Waals surface area (Å²) in [5.74, 6) is 0. The van der Waals surface area contributed by atoms with Gasteiger partial charge in [-0.3, -0.25) is 9.88 Å². The fraction of sp³-hybridized carbons (Fsp3) is 0.545. The van der Waals surface area contributed by atoms with E-state index in [1.165, 1.54) is 5.56 Å². The smallest absolute Gasteiger partial charge is 0.0372 e. The van der Waals surface area contributed by atoms with Crippen molar-refractivity contribution >= 4 is 0 Å². The molecule has 1 heterocycles. The van der Waals surface area contributed by atoms with Crippen LogP contribution in [0.2, 0.25) is 0 Å². The highest BCUT2D eigenvalue weighted by molar-refractivity contribution is 5.12. The predicted octanol–water partition coefficient (Wildman–Crippen LogP) is 2.23. The van der Waals surface area contributed by atoms with E-state index in [9.17, 15) is 0 Å². The van der Waals surface area contributed by atoms with Gasteiger partial charge in [0.1, 0.15) is 0 Å². The van der Waals surface area contributed by atoms with E-state index in [0.717, 1.165) is 12.2 Å². The molecule has 0 radical (unpaired) electrons. The van der Waals surface area contributed by atoms with Crippen LogP contribution < -0.4 is 0 Å². The van der Waals surface area contributed by atoms with Gasteiger partial charge in [0, 0.05) is 24.5 Å². The van der Waals surface area contributed by atoms with Crippen molar-refractivity contribution in [2.24, 2.45) is 0 Å². The Morgan fingerprint density at radius 1 is 1.38 bits per heavy atom. The van der Waals surface area contributed by atoms with Crippen molar-refractivity contribution < 1.29 is 0 Å². The molecule has 0 atom stereocenters. The second-order valence-electron chi connectivity index (χ2n) is 3.82. The summed E-state index contributed by atoms with van der Waals surface area (Å²) in [5, 5.41) is 0. The molecule has 13 heavy (non-hydrogen) atoms. The van der Waals surface area contributed by atoms with Crippen LogP contribution in [-0.2, 0) is 6.54 Å². The Morgan fingerprint density at radius 3 is 2.54 bits per heavy atom. The van der Waals surface area contributed by atoms with Gasteiger partial charge in [-0.05, 0) is 39.4 Å². The molecular weight excluding hydrogens is 160 g/mol. The Labute approximate surface area is 80.6 Å². The molecule has 0 N–H and O–H groups in total. The monoisotopic (exact) mass is 178 g/mol. The standard InChI is InChI=1S/C11H18N2/c1-9(2)13(4)8-11-6-5-10(3)12-7-11/h5-7,9H,8H2,1-4H3. The molecule has 0 fully saturated rings. The van der Waals surface area contributed by atoms with Crippen LogP contribution in [0.5, 0.6) is 0 Å². The van der Waals surface area contributed by atoms with Gasteiger partial charge in [-0.2, -0.15) is 0 Å². The number of aromatic nitrogens is 1. The number of pyridine rings is 1. The van der Waals surface area contributed by atoms with E-state index in [4.69, 9.17) is 0 Å². The summed E-state index contributed by atoms with van der Waals surface area (Å²) in [7, 11) is 2.13. The van der Waals surface area contributed by atoms with E-state index in [2.05, 4.69) is 42.9 Å². The molecule has 72 valence electrons. The lowest BCUT2D eigenvalue weighted by atomic mass is 10.2. The first-order valence-electron chi connectivity index (χ1n) is 4.71. The van der Waals surface area contributed by atoms with Gasteiger partial charge in [-0.15, -0.1) is 0 Å². The molecule has 1 rings (SSSR count). The Hall–Kier alpha value is -0.890. The van der Waals surface area contributed by atoms with E-state index < -0.39 is 0 Å². The fourth-order valence-electron chi connectivity index (χ4n) is 1.06. The number of rotatable bonds is 3. The Balaban J connectivity index is 2.59. The maximum absolute atomic E-state index is 4.26. The van der Waals surface area contributed by atoms with E-state index in [1.807, 2.05) is 13.1 Å². The van der Waals surface area contributed by atoms with Crippen molar-refractivity contribution in [3.05, 3.63) is 29.6 Å². The molecule has 0 aromatic carbocycles. The van der Waals surface area contributed by atoms with Gasteiger partial charge < -0.3 is 0 Å². The van der Waals surface area contributed by atoms with Crippen LogP contribution >= 0.6 is 0 Å². The molecular formula is C11H18N2. The third kappa shape index (κ3) is 3.15. The van der Waals surface area contributed by atoms with Crippen LogP contribution in [0.15, 0.2) is 18.3 Å². The quantitative estimate of drug-likeness (QED) is 0.705. The number of hydrogen-bond acceptors (Lipinski definition) is 2. The van der Waals surface area contributed by atoms with Gasteiger partial charge >= 0.3 is 0 Å². The lowest BCUT2D eigenvalue weighted by molar-refractivity contribution is 0.265. The van der Waals surface area contributed by atoms with E-state index in [-0.39, 0.29) is 0 Å². The summed E-state index contributed by atoms with van der Waals surface area (Å²) in [4.78, 5) is 6.56. The number of hydrogen-bond donors (Lipinski definition) is 0. The van der Waals surface area contributed by atoms with Crippen LogP contribution in [0.3, 0.4) is 0 Å². The van der Waals surface area contributed by atoms with Gasteiger partial charge in [0.2, 0.25) is 0 Å². The minimum absolute atomic E-state index is 0.585. The first-order valence-corrected chi connectivity index (χ1v) is 4.71. The average Bonchev–Trinajstić information content (AvgIpc) is 2.08. The van der Waals surface area contributed by atoms with Crippen molar-refractivity contribution in [3.8, 4) is 0 Å². The molecule has 0 amide bonds. The highest BCUT2D eigenvalue weighted by atomic mass is 15.1. The first-order chi connectivity index (χ1) is 6.09. The Morgan fingerprint density at radius 2 is 2.08 bits per heavy atom. The van der Waals surface area contributed by atoms with E-state index in [0.29, 0.717) is 6.04 Å². The second kappa shape index (κ2) is 4.38. The second-order valence-corrected chi connectivity index (χ2v) is 3.82. The Kier molecular flexibility index (Phi) is 3.43. The summed E-state index contributed by atoms with van der Waals surface area (Å²) in [6, 6.07) is 4.78. The van der Waals surface area contributed by atoms with Crippen molar-refractivity contribution in [1.82, 2.24) is 9.88 Å². The summed E-state index contributed by atoms with van der Waals surface area (Å²) in [6.45, 7) is 7.38. The van der Waals surface area contributed by atoms with Crippen molar-refractivity contribution in [2.75, 3.05) is 7.05 Å². The van der Waals surface area contributed by atoms with Crippen molar-refractivity contribution in [3.63, 3.8) is 0 Å². The minimum Gasteiger partial charge on any atom is -0.300 e. The lowest BCUT2D eigenvalue weighted by Crippen LogP contribution is -2.25. The number of nitrogens with zero attached hydrogens (tertiary/aromatic N) is 2. The van der Waals surface area contributed by atoms with Gasteiger partial charge in [0.15, 0.2) is 0 Å². The maximum Gasteiger partial charge on any atom is 0.0372 e. The zero-order chi connectivity index (χ0) is 9.84. The molecule has 0 unspecified atom stereocenters. The molecule has 0 spiro atoms. The Bertz CT molecular complexity index is 251. The molecule has 2 nitrogen and oxygen atoms in total. The summed E-state index contributed by atoms with van der Waals surface area (Å²) >= 11 is 0. The SMILES string of the molecule is Cc1ccc(CN(C)C(C)C)cn1. The van der Waals surface area contributed by atoms with Gasteiger partial charge in [0.25, 0.3) is 0 Å². The van der Waals surface area contributed by atoms with Crippen molar-refractivity contribution in [1.29, 1.82) is 0 Å². The summed E-state index contributed by atoms with van der Waals surface area (Å²) < 4.78 is 0. The van der Waals surface area contributed by atoms with Gasteiger partial charge in [0.05, 0.1) is 0 Å². The minimum atomic E-state index is 0.585. The molecule has 0 aliphatic carbocycles. The predicted molar refractivity (Wildman–Crippen MR) is 55.6 cm³/mol. The maximum atomic E-state index is 4.26. The van der Waals surface area contributed by atoms with Gasteiger partial charge in [-0.25, -0.2) is 0 Å². The molecule has 1 aromatic heterocycles. The van der Waals surface area contributed by atoms with E-state index in [1.54, 1.807) is 0 Å². The van der Waals surface area contributed by atoms with Crippen LogP contribution in [0.25, 0.3) is 0 Å². The zero-order valence-corrected chi connectivity index (χ0v) is 8.91. The highest BCUT2D eigenvalue weighted by Gasteiger charge is 2.03. The first kappa shape index (κ1) is 10.2. The van der Waals surface area contributed by atoms with Gasteiger partial charge in [-0.1, -0.05) is 6.07 Å². The van der Waals surface area contributed by atoms with E-state index >= 15 is 0 Å². The van der Waals surface area contributed by atoms with Crippen LogP contribution in [0.1, 0.15) is 25.1 Å². The molecule has 0 aliphatic rings. The molecule has 0 saturated carbocycles. The van der Waals surface area contributed by atoms with Crippen LogP contribution in [-0.4, -0.2) is 23.0 Å². The normalized spacial score (nSPS) is 11.2. The van der Waals surface area contributed by atoms with Crippen LogP contribution in [0, 0.1) is 6.92 Å². The molecule has 2 heteroatoms. The fourth-order valence-corrected chi connectivity index (χ4v) is 1.06. The number of aryl methyl sites for hydroxylation is 1. The molecule has 1 aromatic rings. The molecule has 0 aliphatic heterocycles. The summed E-state index contributed by atoms with van der Waals surface area (Å²) in [5.41, 5.74) is 2.36. The largest absolute Gasteiger partial charge is 0.300 e. The average molecular weight is 178 g/mol. The highest BCUT2D eigenvalue weighted by Crippen LogP contribution is 2.05. The van der Waals surface area contributed by atoms with Crippen LogP contribution in [0.4, 0.5) is 0 Å². The third-order valence-corrected chi connectivity index (χ3v) is 2.29. The zero-order valence-electron chi connectivity index (χ0n) is 8.91. The lowest BCUT2D eigenvalue weighted by Gasteiger charge is -2.20. The summed E-state index contributed by atoms with van der Waals surface area (Å²) in [6.07, 6.45) is 1.95.